The Labute approximate surface area is 132 Å². The molecule has 1 aromatic carbocycles. The first-order valence-electron chi connectivity index (χ1n) is 7.25. The molecule has 4 nitrogen and oxygen atoms in total. The summed E-state index contributed by atoms with van der Waals surface area (Å²) in [5, 5.41) is 2.18. The Kier molecular flexibility index (Phi) is 4.09. The molecule has 0 spiro atoms. The largest absolute Gasteiger partial charge is 0.465 e. The predicted molar refractivity (Wildman–Crippen MR) is 90.4 cm³/mol. The second kappa shape index (κ2) is 6.02. The van der Waals surface area contributed by atoms with E-state index in [4.69, 9.17) is 10.5 Å². The molecule has 0 aliphatic rings. The molecule has 22 heavy (non-hydrogen) atoms. The molecule has 0 amide bonds. The molecule has 0 radical (unpaired) electrons. The van der Waals surface area contributed by atoms with Crippen molar-refractivity contribution in [2.45, 2.75) is 25.8 Å². The highest BCUT2D eigenvalue weighted by Crippen LogP contribution is 2.37. The summed E-state index contributed by atoms with van der Waals surface area (Å²) >= 11 is 1.48. The van der Waals surface area contributed by atoms with Crippen molar-refractivity contribution in [2.24, 2.45) is 5.73 Å². The summed E-state index contributed by atoms with van der Waals surface area (Å²) in [6.07, 6.45) is 3.37. The predicted octanol–water partition coefficient (Wildman–Crippen LogP) is 3.52. The van der Waals surface area contributed by atoms with E-state index in [1.165, 1.54) is 18.4 Å². The van der Waals surface area contributed by atoms with Crippen molar-refractivity contribution in [3.63, 3.8) is 0 Å². The number of aryl methyl sites for hydroxylation is 1. The number of pyridine rings is 1. The number of esters is 1. The van der Waals surface area contributed by atoms with Crippen LogP contribution in [-0.4, -0.2) is 24.1 Å². The Morgan fingerprint density at radius 1 is 1.41 bits per heavy atom. The molecule has 1 atom stereocenters. The van der Waals surface area contributed by atoms with E-state index in [9.17, 15) is 4.79 Å². The lowest BCUT2D eigenvalue weighted by molar-refractivity contribution is 0.0605. The van der Waals surface area contributed by atoms with Crippen LogP contribution in [0.1, 0.15) is 28.6 Å². The van der Waals surface area contributed by atoms with E-state index in [1.807, 2.05) is 31.2 Å². The Bertz CT molecular complexity index is 839. The van der Waals surface area contributed by atoms with Gasteiger partial charge in [-0.2, -0.15) is 0 Å². The van der Waals surface area contributed by atoms with Gasteiger partial charge in [-0.05, 0) is 43.5 Å². The first kappa shape index (κ1) is 14.9. The summed E-state index contributed by atoms with van der Waals surface area (Å²) in [5.41, 5.74) is 7.87. The maximum atomic E-state index is 12.1. The topological polar surface area (TPSA) is 65.2 Å². The fraction of sp³-hybridized carbons (Fsp3) is 0.294. The average Bonchev–Trinajstić information content (AvgIpc) is 2.91. The van der Waals surface area contributed by atoms with Gasteiger partial charge in [0, 0.05) is 27.7 Å². The average molecular weight is 314 g/mol. The molecule has 0 saturated heterocycles. The number of carbonyl (C=O) groups is 1. The van der Waals surface area contributed by atoms with E-state index < -0.39 is 0 Å². The van der Waals surface area contributed by atoms with Crippen LogP contribution in [0, 0.1) is 0 Å². The van der Waals surface area contributed by atoms with Gasteiger partial charge in [-0.15, -0.1) is 11.3 Å². The van der Waals surface area contributed by atoms with Crippen LogP contribution in [0.4, 0.5) is 0 Å². The summed E-state index contributed by atoms with van der Waals surface area (Å²) in [6.45, 7) is 1.98. The summed E-state index contributed by atoms with van der Waals surface area (Å²) in [4.78, 5) is 17.2. The van der Waals surface area contributed by atoms with Crippen molar-refractivity contribution >= 4 is 38.3 Å². The second-order valence-electron chi connectivity index (χ2n) is 5.43. The van der Waals surface area contributed by atoms with Crippen molar-refractivity contribution in [2.75, 3.05) is 7.11 Å². The Balaban J connectivity index is 2.28. The summed E-state index contributed by atoms with van der Waals surface area (Å²) < 4.78 is 6.03. The molecule has 5 heteroatoms. The van der Waals surface area contributed by atoms with Crippen molar-refractivity contribution in [1.29, 1.82) is 0 Å². The molecule has 2 aromatic heterocycles. The molecule has 3 aromatic rings. The first-order chi connectivity index (χ1) is 10.6. The number of benzene rings is 1. The van der Waals surface area contributed by atoms with Gasteiger partial charge in [0.1, 0.15) is 4.88 Å². The number of methoxy groups -OCH3 is 1. The number of ether oxygens (including phenoxy) is 1. The van der Waals surface area contributed by atoms with Crippen LogP contribution >= 0.6 is 11.3 Å². The van der Waals surface area contributed by atoms with Crippen LogP contribution in [0.5, 0.6) is 0 Å². The van der Waals surface area contributed by atoms with Gasteiger partial charge in [-0.25, -0.2) is 4.79 Å². The molecule has 114 valence electrons. The third-order valence-corrected chi connectivity index (χ3v) is 4.93. The van der Waals surface area contributed by atoms with Gasteiger partial charge in [-0.3, -0.25) is 4.98 Å². The highest BCUT2D eigenvalue weighted by Gasteiger charge is 2.20. The summed E-state index contributed by atoms with van der Waals surface area (Å²) in [5.74, 6) is -0.280. The zero-order valence-corrected chi connectivity index (χ0v) is 13.4. The minimum atomic E-state index is -0.280. The quantitative estimate of drug-likeness (QED) is 0.748. The van der Waals surface area contributed by atoms with Crippen LogP contribution in [0.15, 0.2) is 30.5 Å². The monoisotopic (exact) mass is 314 g/mol. The zero-order valence-electron chi connectivity index (χ0n) is 12.6. The van der Waals surface area contributed by atoms with Crippen LogP contribution in [0.25, 0.3) is 21.0 Å². The molecule has 0 aliphatic carbocycles. The lowest BCUT2D eigenvalue weighted by Crippen LogP contribution is -2.16. The fourth-order valence-electron chi connectivity index (χ4n) is 2.68. The number of rotatable bonds is 4. The lowest BCUT2D eigenvalue weighted by Gasteiger charge is -2.07. The minimum Gasteiger partial charge on any atom is -0.465 e. The van der Waals surface area contributed by atoms with Crippen molar-refractivity contribution < 1.29 is 9.53 Å². The number of carbonyl (C=O) groups excluding carboxylic acids is 1. The van der Waals surface area contributed by atoms with E-state index in [-0.39, 0.29) is 12.0 Å². The van der Waals surface area contributed by atoms with Crippen LogP contribution in [0.3, 0.4) is 0 Å². The van der Waals surface area contributed by atoms with Gasteiger partial charge in [0.05, 0.1) is 12.6 Å². The number of nitrogens with zero attached hydrogens (tertiary/aromatic N) is 1. The number of hydrogen-bond donors (Lipinski definition) is 1. The SMILES string of the molecule is COC(=O)c1sc2ccc3ncccc3c2c1CC[C@H](C)N. The van der Waals surface area contributed by atoms with Crippen molar-refractivity contribution in [3.05, 3.63) is 40.9 Å². The molecule has 0 unspecified atom stereocenters. The smallest absolute Gasteiger partial charge is 0.348 e. The third kappa shape index (κ3) is 2.58. The zero-order chi connectivity index (χ0) is 15.7. The molecule has 2 heterocycles. The summed E-state index contributed by atoms with van der Waals surface area (Å²) in [6, 6.07) is 8.08. The van der Waals surface area contributed by atoms with E-state index in [0.717, 1.165) is 39.4 Å². The van der Waals surface area contributed by atoms with Gasteiger partial charge < -0.3 is 10.5 Å². The van der Waals surface area contributed by atoms with Crippen LogP contribution in [-0.2, 0) is 11.2 Å². The van der Waals surface area contributed by atoms with Gasteiger partial charge in [-0.1, -0.05) is 6.07 Å². The van der Waals surface area contributed by atoms with Crippen LogP contribution < -0.4 is 5.73 Å². The van der Waals surface area contributed by atoms with E-state index in [2.05, 4.69) is 4.98 Å². The molecule has 0 aliphatic heterocycles. The lowest BCUT2D eigenvalue weighted by atomic mass is 10.00. The molecular weight excluding hydrogens is 296 g/mol. The highest BCUT2D eigenvalue weighted by atomic mass is 32.1. The Hall–Kier alpha value is -1.98. The standard InChI is InChI=1S/C17H18N2O2S/c1-10(18)5-6-12-15-11-4-3-9-19-13(11)7-8-14(15)22-16(12)17(20)21-2/h3-4,7-10H,5-6,18H2,1-2H3/t10-/m0/s1. The minimum absolute atomic E-state index is 0.0912. The van der Waals surface area contributed by atoms with Gasteiger partial charge in [0.15, 0.2) is 0 Å². The molecule has 0 saturated carbocycles. The Morgan fingerprint density at radius 2 is 2.23 bits per heavy atom. The second-order valence-corrected chi connectivity index (χ2v) is 6.48. The normalized spacial score (nSPS) is 12.7. The molecule has 2 N–H and O–H groups in total. The van der Waals surface area contributed by atoms with E-state index in [1.54, 1.807) is 6.20 Å². The number of thiophene rings is 1. The van der Waals surface area contributed by atoms with Crippen molar-refractivity contribution in [1.82, 2.24) is 4.98 Å². The first-order valence-corrected chi connectivity index (χ1v) is 8.06. The molecule has 3 rings (SSSR count). The maximum Gasteiger partial charge on any atom is 0.348 e. The van der Waals surface area contributed by atoms with Gasteiger partial charge in [0.25, 0.3) is 0 Å². The molecule has 0 bridgehead atoms. The number of aromatic nitrogens is 1. The van der Waals surface area contributed by atoms with Crippen LogP contribution in [0.2, 0.25) is 0 Å². The van der Waals surface area contributed by atoms with Gasteiger partial charge >= 0.3 is 5.97 Å². The molecular formula is C17H18N2O2S. The van der Waals surface area contributed by atoms with Gasteiger partial charge in [0.2, 0.25) is 0 Å². The van der Waals surface area contributed by atoms with E-state index in [0.29, 0.717) is 4.88 Å². The summed E-state index contributed by atoms with van der Waals surface area (Å²) in [7, 11) is 1.42. The van der Waals surface area contributed by atoms with Crippen molar-refractivity contribution in [3.8, 4) is 0 Å². The maximum absolute atomic E-state index is 12.1. The third-order valence-electron chi connectivity index (χ3n) is 3.76. The number of hydrogen-bond acceptors (Lipinski definition) is 5. The number of fused-ring (bicyclic) bond motifs is 3. The van der Waals surface area contributed by atoms with E-state index >= 15 is 0 Å². The number of nitrogens with two attached hydrogens (primary N) is 1. The molecule has 0 fully saturated rings. The fourth-order valence-corrected chi connectivity index (χ4v) is 3.87. The highest BCUT2D eigenvalue weighted by molar-refractivity contribution is 7.21. The Morgan fingerprint density at radius 3 is 2.95 bits per heavy atom.